The van der Waals surface area contributed by atoms with Crippen molar-refractivity contribution >= 4 is 16.7 Å². The molecule has 54 heavy (non-hydrogen) atoms. The number of hydrogen-bond acceptors (Lipinski definition) is 2. The van der Waals surface area contributed by atoms with Gasteiger partial charge in [-0.25, -0.2) is 9.97 Å². The molecule has 0 bridgehead atoms. The minimum absolute atomic E-state index is 0.923. The summed E-state index contributed by atoms with van der Waals surface area (Å²) in [6.07, 6.45) is 2.09. The van der Waals surface area contributed by atoms with Crippen molar-refractivity contribution in [3.05, 3.63) is 206 Å². The first-order valence-electron chi connectivity index (χ1n) is 18.2. The Morgan fingerprint density at radius 2 is 0.889 bits per heavy atom. The standard InChI is InChI=1S/C50H34N4/c1-4-15-35(16-5-1)41-32-42(36-26-28-38(29-27-36)50-51-45-23-10-11-24-46(45)54(50)44-21-8-3-9-22-44)34-43(33-41)39-19-14-20-40(31-39)48-49(37-17-6-2-7-18-37)53-30-13-12-25-47(53)52-48/h1-34H. The van der Waals surface area contributed by atoms with Crippen LogP contribution in [0.2, 0.25) is 0 Å². The zero-order chi connectivity index (χ0) is 35.8. The van der Waals surface area contributed by atoms with Crippen LogP contribution in [0.5, 0.6) is 0 Å². The fraction of sp³-hybridized carbons (Fsp3) is 0. The van der Waals surface area contributed by atoms with Crippen molar-refractivity contribution in [1.82, 2.24) is 18.9 Å². The monoisotopic (exact) mass is 690 g/mol. The van der Waals surface area contributed by atoms with Crippen LogP contribution in [0.1, 0.15) is 0 Å². The lowest BCUT2D eigenvalue weighted by atomic mass is 9.92. The van der Waals surface area contributed by atoms with E-state index in [4.69, 9.17) is 9.97 Å². The van der Waals surface area contributed by atoms with Crippen molar-refractivity contribution < 1.29 is 0 Å². The third-order valence-corrected chi connectivity index (χ3v) is 10.1. The number of aromatic nitrogens is 4. The molecule has 3 heterocycles. The van der Waals surface area contributed by atoms with Crippen LogP contribution in [0, 0.1) is 0 Å². The molecule has 7 aromatic carbocycles. The molecule has 0 radical (unpaired) electrons. The Labute approximate surface area is 313 Å². The minimum Gasteiger partial charge on any atom is -0.299 e. The van der Waals surface area contributed by atoms with Gasteiger partial charge in [0.25, 0.3) is 0 Å². The van der Waals surface area contributed by atoms with Crippen molar-refractivity contribution in [3.63, 3.8) is 0 Å². The molecule has 0 N–H and O–H groups in total. The van der Waals surface area contributed by atoms with Crippen LogP contribution in [0.4, 0.5) is 0 Å². The molecule has 0 saturated carbocycles. The molecule has 0 aliphatic rings. The van der Waals surface area contributed by atoms with Gasteiger partial charge in [0, 0.05) is 28.6 Å². The molecule has 0 spiro atoms. The zero-order valence-electron chi connectivity index (χ0n) is 29.4. The summed E-state index contributed by atoms with van der Waals surface area (Å²) in [7, 11) is 0. The SMILES string of the molecule is c1ccc(-c2cc(-c3ccc(-c4nc5ccccc5n4-c4ccccc4)cc3)cc(-c3cccc(-c4nc5ccccn5c4-c4ccccc4)c3)c2)cc1. The van der Waals surface area contributed by atoms with Crippen LogP contribution >= 0.6 is 0 Å². The summed E-state index contributed by atoms with van der Waals surface area (Å²) < 4.78 is 4.43. The van der Waals surface area contributed by atoms with Crippen LogP contribution in [0.15, 0.2) is 206 Å². The highest BCUT2D eigenvalue weighted by Gasteiger charge is 2.18. The van der Waals surface area contributed by atoms with Crippen molar-refractivity contribution in [2.24, 2.45) is 0 Å². The highest BCUT2D eigenvalue weighted by atomic mass is 15.1. The average molecular weight is 691 g/mol. The third-order valence-electron chi connectivity index (χ3n) is 10.1. The second-order valence-corrected chi connectivity index (χ2v) is 13.5. The van der Waals surface area contributed by atoms with E-state index in [1.54, 1.807) is 0 Å². The number of imidazole rings is 2. The molecule has 254 valence electrons. The lowest BCUT2D eigenvalue weighted by molar-refractivity contribution is 1.10. The molecular formula is C50H34N4. The summed E-state index contributed by atoms with van der Waals surface area (Å²) in [6.45, 7) is 0. The molecule has 0 unspecified atom stereocenters. The smallest absolute Gasteiger partial charge is 0.145 e. The van der Waals surface area contributed by atoms with Gasteiger partial charge in [0.15, 0.2) is 0 Å². The van der Waals surface area contributed by atoms with E-state index < -0.39 is 0 Å². The summed E-state index contributed by atoms with van der Waals surface area (Å²) >= 11 is 0. The molecule has 0 atom stereocenters. The molecule has 3 aromatic heterocycles. The van der Waals surface area contributed by atoms with Crippen molar-refractivity contribution in [2.75, 3.05) is 0 Å². The second-order valence-electron chi connectivity index (χ2n) is 13.5. The van der Waals surface area contributed by atoms with Gasteiger partial charge in [-0.05, 0) is 94.0 Å². The van der Waals surface area contributed by atoms with Gasteiger partial charge in [-0.3, -0.25) is 8.97 Å². The van der Waals surface area contributed by atoms with Gasteiger partial charge >= 0.3 is 0 Å². The fourth-order valence-electron chi connectivity index (χ4n) is 7.54. The number of benzene rings is 7. The first kappa shape index (κ1) is 31.4. The van der Waals surface area contributed by atoms with Gasteiger partial charge in [-0.15, -0.1) is 0 Å². The topological polar surface area (TPSA) is 35.1 Å². The van der Waals surface area contributed by atoms with Crippen molar-refractivity contribution in [3.8, 4) is 73.0 Å². The van der Waals surface area contributed by atoms with Crippen LogP contribution in [-0.4, -0.2) is 18.9 Å². The number of rotatable bonds is 7. The van der Waals surface area contributed by atoms with E-state index in [1.807, 2.05) is 18.2 Å². The molecule has 0 aliphatic carbocycles. The van der Waals surface area contributed by atoms with E-state index in [9.17, 15) is 0 Å². The number of pyridine rings is 1. The number of fused-ring (bicyclic) bond motifs is 2. The summed E-state index contributed by atoms with van der Waals surface area (Å²) in [4.78, 5) is 10.3. The van der Waals surface area contributed by atoms with Gasteiger partial charge in [0.05, 0.1) is 22.4 Å². The van der Waals surface area contributed by atoms with E-state index in [0.717, 1.165) is 78.5 Å². The van der Waals surface area contributed by atoms with Gasteiger partial charge in [-0.2, -0.15) is 0 Å². The Bertz CT molecular complexity index is 2910. The first-order chi connectivity index (χ1) is 26.8. The van der Waals surface area contributed by atoms with E-state index in [-0.39, 0.29) is 0 Å². The maximum absolute atomic E-state index is 5.15. The third kappa shape index (κ3) is 5.67. The Morgan fingerprint density at radius 1 is 0.352 bits per heavy atom. The van der Waals surface area contributed by atoms with Gasteiger partial charge < -0.3 is 0 Å². The normalized spacial score (nSPS) is 11.3. The molecule has 10 rings (SSSR count). The van der Waals surface area contributed by atoms with Crippen LogP contribution in [-0.2, 0) is 0 Å². The second kappa shape index (κ2) is 13.4. The Balaban J connectivity index is 1.08. The van der Waals surface area contributed by atoms with Crippen LogP contribution < -0.4 is 0 Å². The Hall–Kier alpha value is -7.30. The summed E-state index contributed by atoms with van der Waals surface area (Å²) in [6, 6.07) is 70.7. The Morgan fingerprint density at radius 3 is 1.63 bits per heavy atom. The molecular weight excluding hydrogens is 657 g/mol. The van der Waals surface area contributed by atoms with E-state index in [2.05, 4.69) is 197 Å². The van der Waals surface area contributed by atoms with E-state index >= 15 is 0 Å². The predicted octanol–water partition coefficient (Wildman–Crippen LogP) is 12.7. The van der Waals surface area contributed by atoms with Gasteiger partial charge in [0.1, 0.15) is 11.5 Å². The lowest BCUT2D eigenvalue weighted by Crippen LogP contribution is -1.97. The maximum Gasteiger partial charge on any atom is 0.145 e. The molecule has 0 aliphatic heterocycles. The maximum atomic E-state index is 5.15. The molecule has 0 amide bonds. The lowest BCUT2D eigenvalue weighted by Gasteiger charge is -2.13. The number of hydrogen-bond donors (Lipinski definition) is 0. The molecule has 4 nitrogen and oxygen atoms in total. The van der Waals surface area contributed by atoms with Gasteiger partial charge in [0.2, 0.25) is 0 Å². The highest BCUT2D eigenvalue weighted by molar-refractivity contribution is 5.87. The van der Waals surface area contributed by atoms with E-state index in [1.165, 1.54) is 11.1 Å². The fourth-order valence-corrected chi connectivity index (χ4v) is 7.54. The molecule has 0 fully saturated rings. The van der Waals surface area contributed by atoms with Crippen molar-refractivity contribution in [1.29, 1.82) is 0 Å². The zero-order valence-corrected chi connectivity index (χ0v) is 29.4. The first-order valence-corrected chi connectivity index (χ1v) is 18.2. The Kier molecular flexibility index (Phi) is 7.77. The molecule has 4 heteroatoms. The quantitative estimate of drug-likeness (QED) is 0.167. The minimum atomic E-state index is 0.923. The number of nitrogens with zero attached hydrogens (tertiary/aromatic N) is 4. The van der Waals surface area contributed by atoms with Gasteiger partial charge in [-0.1, -0.05) is 140 Å². The van der Waals surface area contributed by atoms with Crippen LogP contribution in [0.3, 0.4) is 0 Å². The summed E-state index contributed by atoms with van der Waals surface area (Å²) in [5, 5.41) is 0. The average Bonchev–Trinajstić information content (AvgIpc) is 3.84. The molecule has 0 saturated heterocycles. The predicted molar refractivity (Wildman–Crippen MR) is 222 cm³/mol. The van der Waals surface area contributed by atoms with Crippen LogP contribution in [0.25, 0.3) is 89.7 Å². The summed E-state index contributed by atoms with van der Waals surface area (Å²) in [5.74, 6) is 0.923. The van der Waals surface area contributed by atoms with E-state index in [0.29, 0.717) is 0 Å². The largest absolute Gasteiger partial charge is 0.299 e. The number of para-hydroxylation sites is 3. The highest BCUT2D eigenvalue weighted by Crippen LogP contribution is 2.38. The molecule has 10 aromatic rings. The summed E-state index contributed by atoms with van der Waals surface area (Å²) in [5.41, 5.74) is 16.3. The van der Waals surface area contributed by atoms with Crippen molar-refractivity contribution in [2.45, 2.75) is 0 Å².